The van der Waals surface area contributed by atoms with Gasteiger partial charge in [-0.3, -0.25) is 0 Å². The minimum Gasteiger partial charge on any atom is -0.487 e. The number of aliphatic hydroxyl groups is 1. The van der Waals surface area contributed by atoms with Crippen LogP contribution in [0.15, 0.2) is 34.9 Å². The summed E-state index contributed by atoms with van der Waals surface area (Å²) in [7, 11) is 1.59. The van der Waals surface area contributed by atoms with E-state index in [4.69, 9.17) is 14.0 Å². The number of nitrogens with zero attached hydrogens (tertiary/aromatic N) is 1. The summed E-state index contributed by atoms with van der Waals surface area (Å²) in [6.45, 7) is 2.38. The van der Waals surface area contributed by atoms with Gasteiger partial charge in [-0.05, 0) is 13.0 Å². The predicted octanol–water partition coefficient (Wildman–Crippen LogP) is 2.45. The molecular formula is C14H17NO4. The topological polar surface area (TPSA) is 64.7 Å². The molecule has 0 spiro atoms. The monoisotopic (exact) mass is 263 g/mol. The third kappa shape index (κ3) is 3.56. The Labute approximate surface area is 111 Å². The highest BCUT2D eigenvalue weighted by Gasteiger charge is 2.10. The standard InChI is InChI=1S/C14H17NO4/c1-10(16)13-5-3-4-6-14(13)18-8-11-7-12(9-17-2)19-15-11/h3-7,10,16H,8-9H2,1-2H3. The molecule has 0 aliphatic heterocycles. The smallest absolute Gasteiger partial charge is 0.162 e. The molecule has 0 bridgehead atoms. The molecule has 1 N–H and O–H groups in total. The van der Waals surface area contributed by atoms with E-state index in [1.165, 1.54) is 0 Å². The highest BCUT2D eigenvalue weighted by atomic mass is 16.5. The average Bonchev–Trinajstić information content (AvgIpc) is 2.85. The highest BCUT2D eigenvalue weighted by Crippen LogP contribution is 2.25. The van der Waals surface area contributed by atoms with Gasteiger partial charge < -0.3 is 19.1 Å². The zero-order chi connectivity index (χ0) is 13.7. The molecule has 0 saturated carbocycles. The normalized spacial score (nSPS) is 12.4. The number of methoxy groups -OCH3 is 1. The molecule has 5 heteroatoms. The van der Waals surface area contributed by atoms with Crippen LogP contribution in [0.1, 0.15) is 30.0 Å². The number of hydrogen-bond acceptors (Lipinski definition) is 5. The van der Waals surface area contributed by atoms with Crippen molar-refractivity contribution in [1.82, 2.24) is 5.16 Å². The van der Waals surface area contributed by atoms with Crippen LogP contribution in [0.5, 0.6) is 5.75 Å². The highest BCUT2D eigenvalue weighted by molar-refractivity contribution is 5.34. The fraction of sp³-hybridized carbons (Fsp3) is 0.357. The number of benzene rings is 1. The summed E-state index contributed by atoms with van der Waals surface area (Å²) in [6.07, 6.45) is -0.572. The Hall–Kier alpha value is -1.85. The minimum atomic E-state index is -0.572. The minimum absolute atomic E-state index is 0.289. The molecule has 1 aromatic heterocycles. The second-order valence-electron chi connectivity index (χ2n) is 4.22. The van der Waals surface area contributed by atoms with Gasteiger partial charge in [0.1, 0.15) is 24.7 Å². The van der Waals surface area contributed by atoms with E-state index in [2.05, 4.69) is 5.16 Å². The van der Waals surface area contributed by atoms with Crippen LogP contribution in [-0.4, -0.2) is 17.4 Å². The lowest BCUT2D eigenvalue weighted by atomic mass is 10.1. The van der Waals surface area contributed by atoms with E-state index in [0.717, 1.165) is 5.56 Å². The molecule has 5 nitrogen and oxygen atoms in total. The van der Waals surface area contributed by atoms with Gasteiger partial charge in [-0.15, -0.1) is 0 Å². The lowest BCUT2D eigenvalue weighted by molar-refractivity contribution is 0.155. The van der Waals surface area contributed by atoms with Gasteiger partial charge in [-0.1, -0.05) is 23.4 Å². The van der Waals surface area contributed by atoms with E-state index >= 15 is 0 Å². The van der Waals surface area contributed by atoms with Crippen molar-refractivity contribution in [1.29, 1.82) is 0 Å². The van der Waals surface area contributed by atoms with Crippen LogP contribution in [-0.2, 0) is 18.0 Å². The van der Waals surface area contributed by atoms with E-state index in [9.17, 15) is 5.11 Å². The van der Waals surface area contributed by atoms with E-state index in [1.54, 1.807) is 20.1 Å². The molecule has 2 rings (SSSR count). The molecule has 102 valence electrons. The first-order chi connectivity index (χ1) is 9.20. The Balaban J connectivity index is 2.01. The number of ether oxygens (including phenoxy) is 2. The van der Waals surface area contributed by atoms with Crippen LogP contribution in [0.4, 0.5) is 0 Å². The zero-order valence-electron chi connectivity index (χ0n) is 11.0. The van der Waals surface area contributed by atoms with Crippen molar-refractivity contribution < 1.29 is 19.1 Å². The zero-order valence-corrected chi connectivity index (χ0v) is 11.0. The second-order valence-corrected chi connectivity index (χ2v) is 4.22. The summed E-state index contributed by atoms with van der Waals surface area (Å²) < 4.78 is 15.7. The van der Waals surface area contributed by atoms with Crippen LogP contribution >= 0.6 is 0 Å². The van der Waals surface area contributed by atoms with Gasteiger partial charge in [0.2, 0.25) is 0 Å². The van der Waals surface area contributed by atoms with E-state index in [-0.39, 0.29) is 6.61 Å². The summed E-state index contributed by atoms with van der Waals surface area (Å²) in [5, 5.41) is 13.5. The number of aliphatic hydroxyl groups excluding tert-OH is 1. The molecule has 0 radical (unpaired) electrons. The Bertz CT molecular complexity index is 522. The van der Waals surface area contributed by atoms with Gasteiger partial charge in [-0.2, -0.15) is 0 Å². The van der Waals surface area contributed by atoms with E-state index < -0.39 is 6.10 Å². The fourth-order valence-electron chi connectivity index (χ4n) is 1.74. The summed E-state index contributed by atoms with van der Waals surface area (Å²) in [5.74, 6) is 1.30. The van der Waals surface area contributed by atoms with Gasteiger partial charge in [0.05, 0.1) is 6.10 Å². The molecule has 0 aliphatic carbocycles. The molecule has 0 amide bonds. The van der Waals surface area contributed by atoms with Crippen LogP contribution in [0.25, 0.3) is 0 Å². The van der Waals surface area contributed by atoms with Crippen LogP contribution < -0.4 is 4.74 Å². The van der Waals surface area contributed by atoms with Crippen molar-refractivity contribution in [3.63, 3.8) is 0 Å². The van der Waals surface area contributed by atoms with Crippen molar-refractivity contribution in [2.24, 2.45) is 0 Å². The summed E-state index contributed by atoms with van der Waals surface area (Å²) in [6, 6.07) is 9.16. The van der Waals surface area contributed by atoms with Crippen molar-refractivity contribution in [3.8, 4) is 5.75 Å². The largest absolute Gasteiger partial charge is 0.487 e. The first-order valence-corrected chi connectivity index (χ1v) is 6.04. The van der Waals surface area contributed by atoms with Gasteiger partial charge in [0, 0.05) is 18.7 Å². The molecule has 0 fully saturated rings. The van der Waals surface area contributed by atoms with Crippen molar-refractivity contribution in [2.45, 2.75) is 26.2 Å². The fourth-order valence-corrected chi connectivity index (χ4v) is 1.74. The predicted molar refractivity (Wildman–Crippen MR) is 68.6 cm³/mol. The molecular weight excluding hydrogens is 246 g/mol. The molecule has 0 saturated heterocycles. The SMILES string of the molecule is COCc1cc(COc2ccccc2C(C)O)no1. The lowest BCUT2D eigenvalue weighted by Crippen LogP contribution is -2.00. The number of hydrogen-bond donors (Lipinski definition) is 1. The second kappa shape index (κ2) is 6.36. The van der Waals surface area contributed by atoms with E-state index in [0.29, 0.717) is 23.8 Å². The molecule has 1 heterocycles. The number of para-hydroxylation sites is 1. The van der Waals surface area contributed by atoms with Gasteiger partial charge >= 0.3 is 0 Å². The Kier molecular flexibility index (Phi) is 4.54. The van der Waals surface area contributed by atoms with Crippen molar-refractivity contribution >= 4 is 0 Å². The number of aromatic nitrogens is 1. The van der Waals surface area contributed by atoms with Gasteiger partial charge in [0.25, 0.3) is 0 Å². The summed E-state index contributed by atoms with van der Waals surface area (Å²) in [5.41, 5.74) is 1.44. The molecule has 2 aromatic rings. The van der Waals surface area contributed by atoms with Gasteiger partial charge in [-0.25, -0.2) is 0 Å². The van der Waals surface area contributed by atoms with Crippen LogP contribution in [0.3, 0.4) is 0 Å². The first-order valence-electron chi connectivity index (χ1n) is 6.04. The number of rotatable bonds is 6. The quantitative estimate of drug-likeness (QED) is 0.867. The summed E-state index contributed by atoms with van der Waals surface area (Å²) in [4.78, 5) is 0. The molecule has 19 heavy (non-hydrogen) atoms. The Morgan fingerprint density at radius 1 is 1.32 bits per heavy atom. The molecule has 1 unspecified atom stereocenters. The Morgan fingerprint density at radius 2 is 2.11 bits per heavy atom. The molecule has 1 atom stereocenters. The van der Waals surface area contributed by atoms with E-state index in [1.807, 2.05) is 24.3 Å². The average molecular weight is 263 g/mol. The van der Waals surface area contributed by atoms with Gasteiger partial charge in [0.15, 0.2) is 5.76 Å². The third-order valence-electron chi connectivity index (χ3n) is 2.64. The molecule has 0 aliphatic rings. The molecule has 1 aromatic carbocycles. The Morgan fingerprint density at radius 3 is 2.84 bits per heavy atom. The lowest BCUT2D eigenvalue weighted by Gasteiger charge is -2.11. The van der Waals surface area contributed by atoms with Crippen molar-refractivity contribution in [3.05, 3.63) is 47.3 Å². The summed E-state index contributed by atoms with van der Waals surface area (Å²) >= 11 is 0. The van der Waals surface area contributed by atoms with Crippen LogP contribution in [0, 0.1) is 0 Å². The maximum absolute atomic E-state index is 9.65. The maximum Gasteiger partial charge on any atom is 0.162 e. The van der Waals surface area contributed by atoms with Crippen molar-refractivity contribution in [2.75, 3.05) is 7.11 Å². The first kappa shape index (κ1) is 13.6. The van der Waals surface area contributed by atoms with Crippen LogP contribution in [0.2, 0.25) is 0 Å². The third-order valence-corrected chi connectivity index (χ3v) is 2.64. The maximum atomic E-state index is 9.65.